The van der Waals surface area contributed by atoms with Crippen molar-refractivity contribution < 1.29 is 4.79 Å². The molecule has 0 radical (unpaired) electrons. The van der Waals surface area contributed by atoms with Crippen molar-refractivity contribution in [3.63, 3.8) is 0 Å². The Morgan fingerprint density at radius 3 is 2.48 bits per heavy atom. The maximum absolute atomic E-state index is 12.3. The van der Waals surface area contributed by atoms with Gasteiger partial charge in [-0.05, 0) is 67.7 Å². The first-order chi connectivity index (χ1) is 13.1. The Bertz CT molecular complexity index is 587. The number of hydrogen-bond donors (Lipinski definition) is 2. The molecule has 2 fully saturated rings. The molecule has 4 heteroatoms. The fraction of sp³-hybridized carbons (Fsp3) is 0.696. The topological polar surface area (TPSA) is 44.4 Å². The van der Waals surface area contributed by atoms with Crippen molar-refractivity contribution in [1.29, 1.82) is 0 Å². The van der Waals surface area contributed by atoms with Gasteiger partial charge in [-0.1, -0.05) is 38.1 Å². The predicted octanol–water partition coefficient (Wildman–Crippen LogP) is 3.56. The highest BCUT2D eigenvalue weighted by Crippen LogP contribution is 2.23. The predicted molar refractivity (Wildman–Crippen MR) is 111 cm³/mol. The lowest BCUT2D eigenvalue weighted by atomic mass is 9.91. The van der Waals surface area contributed by atoms with Gasteiger partial charge in [0.15, 0.2) is 0 Å². The van der Waals surface area contributed by atoms with E-state index < -0.39 is 0 Å². The van der Waals surface area contributed by atoms with Gasteiger partial charge in [0.05, 0.1) is 0 Å². The summed E-state index contributed by atoms with van der Waals surface area (Å²) in [7, 11) is 0. The van der Waals surface area contributed by atoms with E-state index in [1.165, 1.54) is 43.5 Å². The SMILES string of the molecule is CC1CC(C)CN(Cc2ccccc2CNC(=O)CCC2CCNCC2)C1. The van der Waals surface area contributed by atoms with Gasteiger partial charge in [-0.2, -0.15) is 0 Å². The molecule has 2 unspecified atom stereocenters. The molecule has 0 saturated carbocycles. The normalized spacial score (nSPS) is 24.7. The van der Waals surface area contributed by atoms with Gasteiger partial charge >= 0.3 is 0 Å². The number of piperidine rings is 2. The molecule has 0 aliphatic carbocycles. The van der Waals surface area contributed by atoms with Crippen LogP contribution in [0.4, 0.5) is 0 Å². The number of hydrogen-bond acceptors (Lipinski definition) is 3. The summed E-state index contributed by atoms with van der Waals surface area (Å²) in [5, 5.41) is 6.55. The minimum atomic E-state index is 0.198. The minimum absolute atomic E-state index is 0.198. The van der Waals surface area contributed by atoms with Crippen molar-refractivity contribution in [2.75, 3.05) is 26.2 Å². The van der Waals surface area contributed by atoms with Crippen LogP contribution in [-0.4, -0.2) is 37.0 Å². The van der Waals surface area contributed by atoms with E-state index in [4.69, 9.17) is 0 Å². The van der Waals surface area contributed by atoms with Crippen molar-refractivity contribution in [1.82, 2.24) is 15.5 Å². The Kier molecular flexibility index (Phi) is 7.71. The molecule has 0 aromatic heterocycles. The molecule has 1 amide bonds. The number of carbonyl (C=O) groups is 1. The van der Waals surface area contributed by atoms with E-state index in [-0.39, 0.29) is 5.91 Å². The summed E-state index contributed by atoms with van der Waals surface area (Å²) in [4.78, 5) is 14.9. The van der Waals surface area contributed by atoms with Gasteiger partial charge in [0.25, 0.3) is 0 Å². The molecule has 4 nitrogen and oxygen atoms in total. The molecule has 2 heterocycles. The number of nitrogens with one attached hydrogen (secondary N) is 2. The van der Waals surface area contributed by atoms with Crippen molar-refractivity contribution >= 4 is 5.91 Å². The van der Waals surface area contributed by atoms with Gasteiger partial charge in [-0.15, -0.1) is 0 Å². The van der Waals surface area contributed by atoms with Crippen LogP contribution in [0.15, 0.2) is 24.3 Å². The van der Waals surface area contributed by atoms with Crippen LogP contribution in [0.2, 0.25) is 0 Å². The molecule has 0 spiro atoms. The lowest BCUT2D eigenvalue weighted by molar-refractivity contribution is -0.121. The van der Waals surface area contributed by atoms with E-state index in [0.717, 1.165) is 37.9 Å². The maximum Gasteiger partial charge on any atom is 0.220 e. The van der Waals surface area contributed by atoms with Gasteiger partial charge in [0.1, 0.15) is 0 Å². The molecule has 3 rings (SSSR count). The molecule has 2 saturated heterocycles. The average molecular weight is 372 g/mol. The lowest BCUT2D eigenvalue weighted by Gasteiger charge is -2.35. The van der Waals surface area contributed by atoms with Gasteiger partial charge in [0.2, 0.25) is 5.91 Å². The molecule has 2 aliphatic heterocycles. The van der Waals surface area contributed by atoms with Crippen molar-refractivity contribution in [2.45, 2.75) is 59.0 Å². The van der Waals surface area contributed by atoms with Crippen LogP contribution in [-0.2, 0) is 17.9 Å². The second kappa shape index (κ2) is 10.2. The van der Waals surface area contributed by atoms with Crippen LogP contribution in [0.5, 0.6) is 0 Å². The second-order valence-electron chi connectivity index (χ2n) is 8.92. The number of benzene rings is 1. The molecular formula is C23H37N3O. The fourth-order valence-electron chi connectivity index (χ4n) is 4.83. The smallest absolute Gasteiger partial charge is 0.220 e. The number of likely N-dealkylation sites (tertiary alicyclic amines) is 1. The summed E-state index contributed by atoms with van der Waals surface area (Å²) in [6.45, 7) is 10.9. The third-order valence-electron chi connectivity index (χ3n) is 6.17. The fourth-order valence-corrected chi connectivity index (χ4v) is 4.83. The van der Waals surface area contributed by atoms with E-state index >= 15 is 0 Å². The first-order valence-electron chi connectivity index (χ1n) is 10.9. The third kappa shape index (κ3) is 6.62. The summed E-state index contributed by atoms with van der Waals surface area (Å²) in [6.07, 6.45) is 5.45. The average Bonchev–Trinajstić information content (AvgIpc) is 2.66. The van der Waals surface area contributed by atoms with Crippen LogP contribution >= 0.6 is 0 Å². The van der Waals surface area contributed by atoms with Crippen LogP contribution in [0.3, 0.4) is 0 Å². The zero-order valence-corrected chi connectivity index (χ0v) is 17.2. The van der Waals surface area contributed by atoms with Crippen molar-refractivity contribution in [3.8, 4) is 0 Å². The van der Waals surface area contributed by atoms with Crippen molar-refractivity contribution in [2.24, 2.45) is 17.8 Å². The van der Waals surface area contributed by atoms with Gasteiger partial charge < -0.3 is 10.6 Å². The maximum atomic E-state index is 12.3. The zero-order valence-electron chi connectivity index (χ0n) is 17.2. The number of carbonyl (C=O) groups excluding carboxylic acids is 1. The molecule has 2 aliphatic rings. The summed E-state index contributed by atoms with van der Waals surface area (Å²) in [5.74, 6) is 2.46. The van der Waals surface area contributed by atoms with E-state index in [1.54, 1.807) is 0 Å². The van der Waals surface area contributed by atoms with Crippen LogP contribution in [0, 0.1) is 17.8 Å². The van der Waals surface area contributed by atoms with Gasteiger partial charge in [-0.3, -0.25) is 9.69 Å². The largest absolute Gasteiger partial charge is 0.352 e. The minimum Gasteiger partial charge on any atom is -0.352 e. The number of nitrogens with zero attached hydrogens (tertiary/aromatic N) is 1. The van der Waals surface area contributed by atoms with Crippen LogP contribution < -0.4 is 10.6 Å². The highest BCUT2D eigenvalue weighted by atomic mass is 16.1. The lowest BCUT2D eigenvalue weighted by Crippen LogP contribution is -2.38. The van der Waals surface area contributed by atoms with E-state index in [0.29, 0.717) is 18.9 Å². The van der Waals surface area contributed by atoms with Gasteiger partial charge in [0, 0.05) is 32.6 Å². The molecule has 27 heavy (non-hydrogen) atoms. The first-order valence-corrected chi connectivity index (χ1v) is 10.9. The van der Waals surface area contributed by atoms with E-state index in [2.05, 4.69) is 53.6 Å². The first kappa shape index (κ1) is 20.3. The molecule has 1 aromatic rings. The Morgan fingerprint density at radius 2 is 1.78 bits per heavy atom. The molecule has 0 bridgehead atoms. The standard InChI is InChI=1S/C23H37N3O/c1-18-13-19(2)16-26(15-18)17-22-6-4-3-5-21(22)14-25-23(27)8-7-20-9-11-24-12-10-20/h3-6,18-20,24H,7-17H2,1-2H3,(H,25,27). The highest BCUT2D eigenvalue weighted by molar-refractivity contribution is 5.75. The Balaban J connectivity index is 1.47. The molecule has 2 atom stereocenters. The quantitative estimate of drug-likeness (QED) is 0.770. The molecule has 2 N–H and O–H groups in total. The van der Waals surface area contributed by atoms with Gasteiger partial charge in [-0.25, -0.2) is 0 Å². The zero-order chi connectivity index (χ0) is 19.1. The molecule has 1 aromatic carbocycles. The highest BCUT2D eigenvalue weighted by Gasteiger charge is 2.22. The van der Waals surface area contributed by atoms with E-state index in [9.17, 15) is 4.79 Å². The molecular weight excluding hydrogens is 334 g/mol. The third-order valence-corrected chi connectivity index (χ3v) is 6.17. The summed E-state index contributed by atoms with van der Waals surface area (Å²) >= 11 is 0. The Hall–Kier alpha value is -1.39. The summed E-state index contributed by atoms with van der Waals surface area (Å²) < 4.78 is 0. The Labute approximate surface area is 165 Å². The monoisotopic (exact) mass is 371 g/mol. The van der Waals surface area contributed by atoms with Crippen molar-refractivity contribution in [3.05, 3.63) is 35.4 Å². The summed E-state index contributed by atoms with van der Waals surface area (Å²) in [5.41, 5.74) is 2.62. The Morgan fingerprint density at radius 1 is 1.11 bits per heavy atom. The summed E-state index contributed by atoms with van der Waals surface area (Å²) in [6, 6.07) is 8.59. The number of rotatable bonds is 7. The second-order valence-corrected chi connectivity index (χ2v) is 8.92. The van der Waals surface area contributed by atoms with Crippen LogP contribution in [0.25, 0.3) is 0 Å². The molecule has 150 valence electrons. The van der Waals surface area contributed by atoms with E-state index in [1.807, 2.05) is 0 Å². The van der Waals surface area contributed by atoms with Crippen LogP contribution in [0.1, 0.15) is 57.1 Å². The number of amides is 1.